The number of fused-ring (bicyclic) bond motifs is 11. The smallest absolute Gasteiger partial charge is 0.172 e. The third-order valence-corrected chi connectivity index (χ3v) is 16.2. The Morgan fingerprint density at radius 3 is 1.88 bits per heavy atom. The standard InChI is InChI=1S/C55H38NOP/c1-55(2)48-30-25-37(33-46(48)47-34-38(26-31-49(47)55)42-20-12-14-36-13-6-7-17-41(36)42)35-23-27-39(28-24-35)56-50-21-10-8-18-43(50)44-29-32-52-53(54(44)56)45-19-9-11-22-51(45)58(52,57)40-15-4-3-5-16-40/h3-34H,1-2H3. The van der Waals surface area contributed by atoms with Crippen LogP contribution < -0.4 is 15.9 Å². The summed E-state index contributed by atoms with van der Waals surface area (Å²) in [5.74, 6) is 0. The molecule has 0 N–H and O–H groups in total. The molecule has 0 bridgehead atoms. The Bertz CT molecular complexity index is 3380. The fourth-order valence-corrected chi connectivity index (χ4v) is 13.3. The molecule has 0 spiro atoms. The number of nitrogens with zero attached hydrogens (tertiary/aromatic N) is 1. The van der Waals surface area contributed by atoms with Gasteiger partial charge in [-0.2, -0.15) is 0 Å². The van der Waals surface area contributed by atoms with Crippen LogP contribution in [0.3, 0.4) is 0 Å². The fraction of sp³-hybridized carbons (Fsp3) is 0.0545. The first-order chi connectivity index (χ1) is 28.4. The summed E-state index contributed by atoms with van der Waals surface area (Å²) >= 11 is 0. The van der Waals surface area contributed by atoms with Crippen LogP contribution in [0.5, 0.6) is 0 Å². The van der Waals surface area contributed by atoms with Gasteiger partial charge in [0.05, 0.1) is 11.0 Å². The summed E-state index contributed by atoms with van der Waals surface area (Å²) in [7, 11) is -3.09. The monoisotopic (exact) mass is 759 g/mol. The van der Waals surface area contributed by atoms with E-state index in [1.54, 1.807) is 0 Å². The van der Waals surface area contributed by atoms with Gasteiger partial charge in [0.1, 0.15) is 0 Å². The van der Waals surface area contributed by atoms with Crippen molar-refractivity contribution in [1.82, 2.24) is 4.57 Å². The summed E-state index contributed by atoms with van der Waals surface area (Å²) in [5.41, 5.74) is 15.6. The minimum absolute atomic E-state index is 0.0930. The summed E-state index contributed by atoms with van der Waals surface area (Å²) < 4.78 is 17.9. The van der Waals surface area contributed by atoms with Crippen LogP contribution in [0.15, 0.2) is 194 Å². The van der Waals surface area contributed by atoms with Crippen LogP contribution in [0.4, 0.5) is 0 Å². The van der Waals surface area contributed by atoms with E-state index in [4.69, 9.17) is 0 Å². The Morgan fingerprint density at radius 1 is 0.448 bits per heavy atom. The molecule has 1 unspecified atom stereocenters. The summed E-state index contributed by atoms with van der Waals surface area (Å²) in [6.07, 6.45) is 0. The molecule has 0 fully saturated rings. The molecule has 10 aromatic rings. The molecule has 12 rings (SSSR count). The molecule has 0 saturated heterocycles. The first-order valence-electron chi connectivity index (χ1n) is 20.1. The third-order valence-electron chi connectivity index (χ3n) is 13.0. The van der Waals surface area contributed by atoms with E-state index in [0.29, 0.717) is 0 Å². The van der Waals surface area contributed by atoms with Gasteiger partial charge in [-0.15, -0.1) is 0 Å². The molecule has 2 aliphatic rings. The van der Waals surface area contributed by atoms with Crippen molar-refractivity contribution in [2.75, 3.05) is 0 Å². The number of hydrogen-bond acceptors (Lipinski definition) is 1. The summed E-state index contributed by atoms with van der Waals surface area (Å²) in [5, 5.41) is 7.59. The molecule has 0 amide bonds. The normalized spacial score (nSPS) is 16.0. The minimum Gasteiger partial charge on any atom is -0.309 e. The van der Waals surface area contributed by atoms with Gasteiger partial charge in [0.2, 0.25) is 0 Å². The van der Waals surface area contributed by atoms with Crippen LogP contribution in [0.25, 0.3) is 82.8 Å². The van der Waals surface area contributed by atoms with Crippen molar-refractivity contribution in [3.05, 3.63) is 205 Å². The quantitative estimate of drug-likeness (QED) is 0.164. The first-order valence-corrected chi connectivity index (χ1v) is 21.8. The Labute approximate surface area is 338 Å². The molecule has 1 atom stereocenters. The number of para-hydroxylation sites is 1. The van der Waals surface area contributed by atoms with Crippen LogP contribution in [-0.4, -0.2) is 4.57 Å². The van der Waals surface area contributed by atoms with E-state index in [1.165, 1.54) is 60.7 Å². The van der Waals surface area contributed by atoms with Crippen molar-refractivity contribution in [2.24, 2.45) is 0 Å². The Hall–Kier alpha value is -6.73. The van der Waals surface area contributed by atoms with Gasteiger partial charge in [-0.05, 0) is 97.2 Å². The molecule has 0 saturated carbocycles. The number of hydrogen-bond donors (Lipinski definition) is 0. The van der Waals surface area contributed by atoms with Gasteiger partial charge in [-0.1, -0.05) is 172 Å². The van der Waals surface area contributed by atoms with Crippen LogP contribution in [0.1, 0.15) is 25.0 Å². The molecule has 0 radical (unpaired) electrons. The van der Waals surface area contributed by atoms with Crippen molar-refractivity contribution < 1.29 is 4.57 Å². The SMILES string of the molecule is CC1(C)c2ccc(-c3ccc(-n4c5ccccc5c5ccc6c(c54)-c4ccccc4P6(=O)c4ccccc4)cc3)cc2-c2cc(-c3cccc4ccccc34)ccc21. The van der Waals surface area contributed by atoms with Gasteiger partial charge in [0.25, 0.3) is 0 Å². The van der Waals surface area contributed by atoms with Crippen LogP contribution >= 0.6 is 7.14 Å². The highest BCUT2D eigenvalue weighted by molar-refractivity contribution is 7.86. The lowest BCUT2D eigenvalue weighted by Crippen LogP contribution is -2.20. The highest BCUT2D eigenvalue weighted by Crippen LogP contribution is 2.55. The average molecular weight is 760 g/mol. The molecule has 3 heteroatoms. The number of aromatic nitrogens is 1. The third kappa shape index (κ3) is 4.53. The Balaban J connectivity index is 1.00. The zero-order chi connectivity index (χ0) is 38.8. The predicted molar refractivity (Wildman–Crippen MR) is 245 cm³/mol. The molecule has 58 heavy (non-hydrogen) atoms. The van der Waals surface area contributed by atoms with Crippen molar-refractivity contribution in [1.29, 1.82) is 0 Å². The maximum atomic E-state index is 15.5. The molecule has 1 aliphatic heterocycles. The zero-order valence-corrected chi connectivity index (χ0v) is 33.2. The lowest BCUT2D eigenvalue weighted by molar-refractivity contribution is 0.593. The molecule has 2 nitrogen and oxygen atoms in total. The van der Waals surface area contributed by atoms with E-state index in [-0.39, 0.29) is 5.41 Å². The van der Waals surface area contributed by atoms with Crippen molar-refractivity contribution in [2.45, 2.75) is 19.3 Å². The molecular weight excluding hydrogens is 722 g/mol. The van der Waals surface area contributed by atoms with E-state index in [0.717, 1.165) is 49.1 Å². The van der Waals surface area contributed by atoms with E-state index < -0.39 is 7.14 Å². The van der Waals surface area contributed by atoms with Crippen molar-refractivity contribution in [3.8, 4) is 50.2 Å². The molecule has 1 aromatic heterocycles. The topological polar surface area (TPSA) is 22.0 Å². The maximum Gasteiger partial charge on any atom is 0.172 e. The van der Waals surface area contributed by atoms with Gasteiger partial charge >= 0.3 is 0 Å². The zero-order valence-electron chi connectivity index (χ0n) is 32.3. The second-order valence-corrected chi connectivity index (χ2v) is 19.1. The maximum absolute atomic E-state index is 15.5. The van der Waals surface area contributed by atoms with Crippen molar-refractivity contribution >= 4 is 55.6 Å². The number of benzene rings is 9. The van der Waals surface area contributed by atoms with E-state index in [1.807, 2.05) is 36.4 Å². The lowest BCUT2D eigenvalue weighted by atomic mass is 9.82. The van der Waals surface area contributed by atoms with Gasteiger partial charge in [-0.25, -0.2) is 0 Å². The largest absolute Gasteiger partial charge is 0.309 e. The highest BCUT2D eigenvalue weighted by atomic mass is 31.2. The molecule has 1 aliphatic carbocycles. The second kappa shape index (κ2) is 12.1. The lowest BCUT2D eigenvalue weighted by Gasteiger charge is -2.21. The van der Waals surface area contributed by atoms with Gasteiger partial charge in [0.15, 0.2) is 7.14 Å². The highest BCUT2D eigenvalue weighted by Gasteiger charge is 2.42. The average Bonchev–Trinajstić information content (AvgIpc) is 3.84. The van der Waals surface area contributed by atoms with E-state index in [2.05, 4.69) is 176 Å². The summed E-state index contributed by atoms with van der Waals surface area (Å²) in [6.45, 7) is 4.70. The molecule has 274 valence electrons. The van der Waals surface area contributed by atoms with Crippen LogP contribution in [0.2, 0.25) is 0 Å². The summed E-state index contributed by atoms with van der Waals surface area (Å²) in [6, 6.07) is 69.7. The molecule has 2 heterocycles. The van der Waals surface area contributed by atoms with Crippen LogP contribution in [-0.2, 0) is 9.98 Å². The Morgan fingerprint density at radius 2 is 1.07 bits per heavy atom. The van der Waals surface area contributed by atoms with Gasteiger partial charge in [0, 0.05) is 43.4 Å². The first kappa shape index (κ1) is 33.4. The Kier molecular flexibility index (Phi) is 6.99. The fourth-order valence-electron chi connectivity index (χ4n) is 10.2. The van der Waals surface area contributed by atoms with Crippen LogP contribution in [0, 0.1) is 0 Å². The molecule has 9 aromatic carbocycles. The number of rotatable bonds is 4. The molecular formula is C55H38NOP. The van der Waals surface area contributed by atoms with Gasteiger partial charge in [-0.3, -0.25) is 0 Å². The van der Waals surface area contributed by atoms with Gasteiger partial charge < -0.3 is 9.13 Å². The minimum atomic E-state index is -3.09. The van der Waals surface area contributed by atoms with E-state index in [9.17, 15) is 0 Å². The van der Waals surface area contributed by atoms with E-state index >= 15 is 4.57 Å². The van der Waals surface area contributed by atoms with Crippen molar-refractivity contribution in [3.63, 3.8) is 0 Å². The summed E-state index contributed by atoms with van der Waals surface area (Å²) in [4.78, 5) is 0. The second-order valence-electron chi connectivity index (χ2n) is 16.4. The predicted octanol–water partition coefficient (Wildman–Crippen LogP) is 13.2.